The fraction of sp³-hybridized carbons (Fsp3) is 1.00. The topological polar surface area (TPSA) is 73.9 Å². The summed E-state index contributed by atoms with van der Waals surface area (Å²) < 4.78 is 34.3. The molecule has 8 heteroatoms. The van der Waals surface area contributed by atoms with E-state index < -0.39 is 10.2 Å². The van der Waals surface area contributed by atoms with Gasteiger partial charge in [0.2, 0.25) is 0 Å². The van der Waals surface area contributed by atoms with E-state index in [-0.39, 0.29) is 12.1 Å². The van der Waals surface area contributed by atoms with Crippen molar-refractivity contribution in [3.63, 3.8) is 0 Å². The molecule has 118 valence electrons. The number of hydrogen-bond donors (Lipinski definition) is 2. The smallest absolute Gasteiger partial charge is 0.279 e. The highest BCUT2D eigenvalue weighted by molar-refractivity contribution is 7.87. The molecular formula is C12H26N4O3S. The maximum atomic E-state index is 12.3. The number of nitrogens with one attached hydrogen (secondary N) is 2. The van der Waals surface area contributed by atoms with Gasteiger partial charge in [-0.25, -0.2) is 4.72 Å². The molecule has 2 rings (SSSR count). The van der Waals surface area contributed by atoms with E-state index in [0.717, 1.165) is 32.7 Å². The van der Waals surface area contributed by atoms with E-state index >= 15 is 0 Å². The summed E-state index contributed by atoms with van der Waals surface area (Å²) in [5.41, 5.74) is 0. The molecule has 0 spiro atoms. The third-order valence-corrected chi connectivity index (χ3v) is 5.48. The van der Waals surface area contributed by atoms with Crippen molar-refractivity contribution in [1.82, 2.24) is 19.2 Å². The highest BCUT2D eigenvalue weighted by Gasteiger charge is 2.32. The van der Waals surface area contributed by atoms with Crippen molar-refractivity contribution in [1.29, 1.82) is 0 Å². The first-order valence-corrected chi connectivity index (χ1v) is 8.74. The van der Waals surface area contributed by atoms with Gasteiger partial charge >= 0.3 is 0 Å². The maximum absolute atomic E-state index is 12.3. The molecule has 0 aromatic carbocycles. The fourth-order valence-corrected chi connectivity index (χ4v) is 4.01. The largest absolute Gasteiger partial charge is 0.375 e. The van der Waals surface area contributed by atoms with Gasteiger partial charge in [-0.15, -0.1) is 0 Å². The third kappa shape index (κ3) is 4.37. The van der Waals surface area contributed by atoms with Gasteiger partial charge in [0.05, 0.1) is 12.7 Å². The lowest BCUT2D eigenvalue weighted by Crippen LogP contribution is -2.55. The standard InChI is InChI=1S/C12H26N4O3S/c1-11-10-19-12(2)9-16(11)20(17,18)14-5-8-15-6-3-13-4-7-15/h11-14H,3-10H2,1-2H3/t11-,12+/m1/s1. The van der Waals surface area contributed by atoms with Crippen LogP contribution in [0.2, 0.25) is 0 Å². The highest BCUT2D eigenvalue weighted by Crippen LogP contribution is 2.14. The van der Waals surface area contributed by atoms with Crippen LogP contribution < -0.4 is 10.0 Å². The lowest BCUT2D eigenvalue weighted by Gasteiger charge is -2.35. The molecule has 0 amide bonds. The molecular weight excluding hydrogens is 280 g/mol. The molecule has 0 aromatic rings. The van der Waals surface area contributed by atoms with E-state index in [1.807, 2.05) is 13.8 Å². The zero-order valence-electron chi connectivity index (χ0n) is 12.3. The van der Waals surface area contributed by atoms with Gasteiger partial charge in [0.25, 0.3) is 10.2 Å². The van der Waals surface area contributed by atoms with Gasteiger partial charge in [-0.1, -0.05) is 0 Å². The number of hydrogen-bond acceptors (Lipinski definition) is 5. The van der Waals surface area contributed by atoms with Gasteiger partial charge in [0, 0.05) is 51.9 Å². The van der Waals surface area contributed by atoms with Gasteiger partial charge in [-0.05, 0) is 13.8 Å². The predicted molar refractivity (Wildman–Crippen MR) is 77.8 cm³/mol. The first-order valence-electron chi connectivity index (χ1n) is 7.30. The van der Waals surface area contributed by atoms with Crippen LogP contribution in [0.4, 0.5) is 0 Å². The third-order valence-electron chi connectivity index (χ3n) is 3.78. The van der Waals surface area contributed by atoms with Gasteiger partial charge in [0.15, 0.2) is 0 Å². The number of morpholine rings is 1. The Morgan fingerprint density at radius 1 is 1.30 bits per heavy atom. The van der Waals surface area contributed by atoms with Crippen LogP contribution in [0.5, 0.6) is 0 Å². The Balaban J connectivity index is 1.80. The van der Waals surface area contributed by atoms with Crippen LogP contribution in [0.15, 0.2) is 0 Å². The zero-order chi connectivity index (χ0) is 14.6. The second-order valence-corrected chi connectivity index (χ2v) is 7.26. The van der Waals surface area contributed by atoms with Gasteiger partial charge in [-0.3, -0.25) is 4.90 Å². The molecule has 2 fully saturated rings. The minimum Gasteiger partial charge on any atom is -0.375 e. The Labute approximate surface area is 121 Å². The van der Waals surface area contributed by atoms with Crippen LogP contribution in [-0.4, -0.2) is 82.2 Å². The molecule has 0 bridgehead atoms. The van der Waals surface area contributed by atoms with Gasteiger partial charge in [0.1, 0.15) is 0 Å². The normalized spacial score (nSPS) is 30.5. The average Bonchev–Trinajstić information content (AvgIpc) is 2.42. The van der Waals surface area contributed by atoms with Crippen molar-refractivity contribution in [3.05, 3.63) is 0 Å². The molecule has 2 aliphatic rings. The lowest BCUT2D eigenvalue weighted by molar-refractivity contribution is -0.0175. The summed E-state index contributed by atoms with van der Waals surface area (Å²) in [5, 5.41) is 3.28. The molecule has 7 nitrogen and oxygen atoms in total. The van der Waals surface area contributed by atoms with Crippen LogP contribution in [0.25, 0.3) is 0 Å². The zero-order valence-corrected chi connectivity index (χ0v) is 13.2. The molecule has 0 aliphatic carbocycles. The summed E-state index contributed by atoms with van der Waals surface area (Å²) in [7, 11) is -3.41. The number of piperazine rings is 1. The first-order chi connectivity index (χ1) is 9.49. The molecule has 0 aromatic heterocycles. The molecule has 0 saturated carbocycles. The Bertz CT molecular complexity index is 398. The van der Waals surface area contributed by atoms with E-state index in [1.54, 1.807) is 0 Å². The molecule has 20 heavy (non-hydrogen) atoms. The van der Waals surface area contributed by atoms with Gasteiger partial charge < -0.3 is 10.1 Å². The quantitative estimate of drug-likeness (QED) is 0.670. The van der Waals surface area contributed by atoms with Crippen molar-refractivity contribution < 1.29 is 13.2 Å². The second-order valence-electron chi connectivity index (χ2n) is 5.55. The fourth-order valence-electron chi connectivity index (χ4n) is 2.56. The van der Waals surface area contributed by atoms with Crippen molar-refractivity contribution in [2.24, 2.45) is 0 Å². The number of ether oxygens (including phenoxy) is 1. The summed E-state index contributed by atoms with van der Waals surface area (Å²) >= 11 is 0. The van der Waals surface area contributed by atoms with E-state index in [9.17, 15) is 8.42 Å². The summed E-state index contributed by atoms with van der Waals surface area (Å²) in [6.07, 6.45) is -0.0454. The molecule has 2 atom stereocenters. The van der Waals surface area contributed by atoms with Crippen LogP contribution in [0.1, 0.15) is 13.8 Å². The molecule has 2 N–H and O–H groups in total. The minimum absolute atomic E-state index is 0.0454. The second kappa shape index (κ2) is 7.15. The van der Waals surface area contributed by atoms with Crippen LogP contribution in [-0.2, 0) is 14.9 Å². The van der Waals surface area contributed by atoms with Crippen molar-refractivity contribution in [2.45, 2.75) is 26.0 Å². The Morgan fingerprint density at radius 2 is 2.00 bits per heavy atom. The molecule has 0 radical (unpaired) electrons. The average molecular weight is 306 g/mol. The first kappa shape index (κ1) is 16.1. The van der Waals surface area contributed by atoms with E-state index in [0.29, 0.717) is 19.7 Å². The summed E-state index contributed by atoms with van der Waals surface area (Å²) in [4.78, 5) is 2.27. The summed E-state index contributed by atoms with van der Waals surface area (Å²) in [6, 6.07) is -0.108. The number of nitrogens with zero attached hydrogens (tertiary/aromatic N) is 2. The van der Waals surface area contributed by atoms with Crippen molar-refractivity contribution in [3.8, 4) is 0 Å². The predicted octanol–water partition coefficient (Wildman–Crippen LogP) is -1.16. The summed E-state index contributed by atoms with van der Waals surface area (Å²) in [6.45, 7) is 9.78. The van der Waals surface area contributed by atoms with E-state index in [2.05, 4.69) is 14.9 Å². The van der Waals surface area contributed by atoms with Crippen molar-refractivity contribution in [2.75, 3.05) is 52.4 Å². The monoisotopic (exact) mass is 306 g/mol. The highest BCUT2D eigenvalue weighted by atomic mass is 32.2. The molecule has 2 heterocycles. The summed E-state index contributed by atoms with van der Waals surface area (Å²) in [5.74, 6) is 0. The lowest BCUT2D eigenvalue weighted by atomic mass is 10.2. The molecule has 2 aliphatic heterocycles. The number of rotatable bonds is 5. The minimum atomic E-state index is -3.41. The van der Waals surface area contributed by atoms with E-state index in [1.165, 1.54) is 4.31 Å². The molecule has 2 saturated heterocycles. The maximum Gasteiger partial charge on any atom is 0.279 e. The van der Waals surface area contributed by atoms with Gasteiger partial charge in [-0.2, -0.15) is 12.7 Å². The SMILES string of the molecule is C[C@@H]1CO[C@@H](C)CN1S(=O)(=O)NCCN1CCNCC1. The van der Waals surface area contributed by atoms with Crippen LogP contribution in [0, 0.1) is 0 Å². The van der Waals surface area contributed by atoms with E-state index in [4.69, 9.17) is 4.74 Å². The van der Waals surface area contributed by atoms with Crippen LogP contribution >= 0.6 is 0 Å². The Morgan fingerprint density at radius 3 is 2.70 bits per heavy atom. The Hall–Kier alpha value is -0.250. The van der Waals surface area contributed by atoms with Crippen molar-refractivity contribution >= 4 is 10.2 Å². The Kier molecular flexibility index (Phi) is 5.76. The van der Waals surface area contributed by atoms with Crippen LogP contribution in [0.3, 0.4) is 0 Å². The molecule has 0 unspecified atom stereocenters.